The average Bonchev–Trinajstić information content (AvgIpc) is 3.09. The minimum atomic E-state index is -0.800. The minimum Gasteiger partial charge on any atom is -1.00 e. The van der Waals surface area contributed by atoms with Gasteiger partial charge in [-0.2, -0.15) is 0 Å². The molecule has 0 atom stereocenters. The molecular weight excluding hydrogens is 674 g/mol. The van der Waals surface area contributed by atoms with Gasteiger partial charge in [0.25, 0.3) is 0 Å². The van der Waals surface area contributed by atoms with Crippen LogP contribution in [0.15, 0.2) is 24.3 Å². The largest absolute Gasteiger partial charge is 1.00 e. The third-order valence-corrected chi connectivity index (χ3v) is 9.82. The van der Waals surface area contributed by atoms with Gasteiger partial charge in [-0.1, -0.05) is 97.3 Å². The fraction of sp³-hybridized carbons (Fsp3) is 0.675. The maximum atomic E-state index is 14.3. The molecule has 1 saturated heterocycles. The Morgan fingerprint density at radius 1 is 0.771 bits per heavy atom. The second kappa shape index (κ2) is 22.5. The Labute approximate surface area is 300 Å². The van der Waals surface area contributed by atoms with E-state index in [9.17, 15) is 8.78 Å². The quantitative estimate of drug-likeness (QED) is 0.0962. The van der Waals surface area contributed by atoms with Crippen molar-refractivity contribution in [3.8, 4) is 11.5 Å². The SMILES string of the molecule is CCCCCCCCCCCC1=[N+](Cc2ccc(F)c(F)c2)CCc2c1cc(N1CCOCC1)c(OC)c2OCCCCCCCC.[Br-]. The van der Waals surface area contributed by atoms with Crippen molar-refractivity contribution >= 4 is 11.4 Å². The van der Waals surface area contributed by atoms with Crippen LogP contribution in [-0.4, -0.2) is 56.9 Å². The van der Waals surface area contributed by atoms with Crippen LogP contribution in [0.5, 0.6) is 11.5 Å². The highest BCUT2D eigenvalue weighted by atomic mass is 79.9. The van der Waals surface area contributed by atoms with Gasteiger partial charge in [-0.3, -0.25) is 0 Å². The summed E-state index contributed by atoms with van der Waals surface area (Å²) in [6, 6.07) is 6.63. The molecule has 0 radical (unpaired) electrons. The lowest BCUT2D eigenvalue weighted by Crippen LogP contribution is -3.00. The van der Waals surface area contributed by atoms with Crippen LogP contribution in [0.2, 0.25) is 0 Å². The molecule has 0 saturated carbocycles. The lowest BCUT2D eigenvalue weighted by atomic mass is 9.90. The Morgan fingerprint density at radius 2 is 1.40 bits per heavy atom. The summed E-state index contributed by atoms with van der Waals surface area (Å²) in [5.41, 5.74) is 5.57. The first kappa shape index (κ1) is 40.2. The number of halogens is 3. The van der Waals surface area contributed by atoms with E-state index in [1.165, 1.54) is 112 Å². The summed E-state index contributed by atoms with van der Waals surface area (Å²) in [6.07, 6.45) is 20.5. The van der Waals surface area contributed by atoms with Crippen LogP contribution in [0.4, 0.5) is 14.5 Å². The van der Waals surface area contributed by atoms with Crippen LogP contribution in [0.25, 0.3) is 0 Å². The van der Waals surface area contributed by atoms with Gasteiger partial charge in [0.05, 0.1) is 38.2 Å². The normalized spacial score (nSPS) is 14.6. The average molecular weight is 736 g/mol. The van der Waals surface area contributed by atoms with Crippen LogP contribution >= 0.6 is 0 Å². The second-order valence-corrected chi connectivity index (χ2v) is 13.4. The zero-order valence-electron chi connectivity index (χ0n) is 30.0. The maximum Gasteiger partial charge on any atom is 0.184 e. The summed E-state index contributed by atoms with van der Waals surface area (Å²) in [5.74, 6) is 0.126. The molecule has 2 aliphatic heterocycles. The molecule has 4 rings (SSSR count). The molecule has 2 aromatic carbocycles. The van der Waals surface area contributed by atoms with E-state index in [2.05, 4.69) is 29.4 Å². The van der Waals surface area contributed by atoms with E-state index in [1.807, 2.05) is 0 Å². The molecule has 1 fully saturated rings. The van der Waals surface area contributed by atoms with Crippen LogP contribution in [-0.2, 0) is 17.7 Å². The number of anilines is 1. The summed E-state index contributed by atoms with van der Waals surface area (Å²) in [6.45, 7) is 9.52. The third-order valence-electron chi connectivity index (χ3n) is 9.82. The number of ether oxygens (including phenoxy) is 3. The van der Waals surface area contributed by atoms with Crippen molar-refractivity contribution in [2.24, 2.45) is 0 Å². The van der Waals surface area contributed by atoms with Gasteiger partial charge in [0, 0.05) is 37.1 Å². The monoisotopic (exact) mass is 734 g/mol. The van der Waals surface area contributed by atoms with E-state index in [0.29, 0.717) is 26.4 Å². The molecule has 0 unspecified atom stereocenters. The highest BCUT2D eigenvalue weighted by Crippen LogP contribution is 2.45. The van der Waals surface area contributed by atoms with E-state index < -0.39 is 11.6 Å². The van der Waals surface area contributed by atoms with E-state index in [0.717, 1.165) is 68.1 Å². The Balaban J connectivity index is 0.00000625. The molecule has 0 spiro atoms. The molecule has 0 aliphatic carbocycles. The second-order valence-electron chi connectivity index (χ2n) is 13.4. The number of rotatable bonds is 22. The molecule has 0 amide bonds. The van der Waals surface area contributed by atoms with Gasteiger partial charge in [0.15, 0.2) is 35.4 Å². The van der Waals surface area contributed by atoms with Crippen LogP contribution in [0, 0.1) is 11.6 Å². The van der Waals surface area contributed by atoms with E-state index in [1.54, 1.807) is 13.2 Å². The Morgan fingerprint density at radius 3 is 2.02 bits per heavy atom. The van der Waals surface area contributed by atoms with E-state index >= 15 is 0 Å². The minimum absolute atomic E-state index is 0. The lowest BCUT2D eigenvalue weighted by molar-refractivity contribution is -0.545. The number of hydrogen-bond donors (Lipinski definition) is 0. The third kappa shape index (κ3) is 12.0. The van der Waals surface area contributed by atoms with Crippen LogP contribution in [0.3, 0.4) is 0 Å². The van der Waals surface area contributed by atoms with Gasteiger partial charge in [-0.05, 0) is 37.1 Å². The zero-order valence-corrected chi connectivity index (χ0v) is 31.6. The summed E-state index contributed by atoms with van der Waals surface area (Å²) < 4.78 is 49.0. The molecule has 270 valence electrons. The Hall–Kier alpha value is -2.19. The lowest BCUT2D eigenvalue weighted by Gasteiger charge is -2.32. The van der Waals surface area contributed by atoms with Gasteiger partial charge in [0.2, 0.25) is 0 Å². The van der Waals surface area contributed by atoms with Crippen molar-refractivity contribution in [3.05, 3.63) is 52.6 Å². The van der Waals surface area contributed by atoms with Crippen molar-refractivity contribution in [1.82, 2.24) is 0 Å². The summed E-state index contributed by atoms with van der Waals surface area (Å²) in [7, 11) is 1.76. The predicted octanol–water partition coefficient (Wildman–Crippen LogP) is 7.03. The number of nitrogens with zero attached hydrogens (tertiary/aromatic N) is 2. The molecule has 5 nitrogen and oxygen atoms in total. The summed E-state index contributed by atoms with van der Waals surface area (Å²) >= 11 is 0. The molecule has 0 N–H and O–H groups in total. The number of morpholine rings is 1. The first-order valence-corrected chi connectivity index (χ1v) is 18.8. The summed E-state index contributed by atoms with van der Waals surface area (Å²) in [5, 5.41) is 0. The number of hydrogen-bond acceptors (Lipinski definition) is 4. The maximum absolute atomic E-state index is 14.3. The van der Waals surface area contributed by atoms with Crippen molar-refractivity contribution in [2.45, 2.75) is 130 Å². The smallest absolute Gasteiger partial charge is 0.184 e. The van der Waals surface area contributed by atoms with Crippen LogP contribution in [0.1, 0.15) is 133 Å². The molecule has 8 heteroatoms. The number of benzene rings is 2. The predicted molar refractivity (Wildman–Crippen MR) is 190 cm³/mol. The number of unbranched alkanes of at least 4 members (excludes halogenated alkanes) is 13. The first-order valence-electron chi connectivity index (χ1n) is 18.8. The highest BCUT2D eigenvalue weighted by molar-refractivity contribution is 6.01. The Kier molecular flexibility index (Phi) is 18.9. The van der Waals surface area contributed by atoms with Gasteiger partial charge >= 0.3 is 0 Å². The summed E-state index contributed by atoms with van der Waals surface area (Å²) in [4.78, 5) is 2.37. The van der Waals surface area contributed by atoms with Crippen molar-refractivity contribution in [2.75, 3.05) is 51.5 Å². The van der Waals surface area contributed by atoms with Crippen molar-refractivity contribution in [3.63, 3.8) is 0 Å². The van der Waals surface area contributed by atoms with E-state index in [-0.39, 0.29) is 17.0 Å². The van der Waals surface area contributed by atoms with Crippen molar-refractivity contribution in [1.29, 1.82) is 0 Å². The fourth-order valence-electron chi connectivity index (χ4n) is 7.10. The molecule has 48 heavy (non-hydrogen) atoms. The topological polar surface area (TPSA) is 33.9 Å². The van der Waals surface area contributed by atoms with Gasteiger partial charge < -0.3 is 36.1 Å². The first-order chi connectivity index (χ1) is 23.1. The van der Waals surface area contributed by atoms with Gasteiger partial charge in [-0.15, -0.1) is 0 Å². The van der Waals surface area contributed by atoms with Crippen LogP contribution < -0.4 is 31.4 Å². The van der Waals surface area contributed by atoms with E-state index in [4.69, 9.17) is 14.2 Å². The number of fused-ring (bicyclic) bond motifs is 1. The van der Waals surface area contributed by atoms with Crippen molar-refractivity contribution < 1.29 is 44.5 Å². The number of methoxy groups -OCH3 is 1. The zero-order chi connectivity index (χ0) is 33.3. The fourth-order valence-corrected chi connectivity index (χ4v) is 7.10. The molecule has 2 aromatic rings. The molecule has 2 aliphatic rings. The molecule has 2 heterocycles. The highest BCUT2D eigenvalue weighted by Gasteiger charge is 2.33. The molecule has 0 aromatic heterocycles. The molecule has 0 bridgehead atoms. The Bertz CT molecular complexity index is 1270. The molecular formula is C40H61BrF2N2O3. The van der Waals surface area contributed by atoms with Gasteiger partial charge in [0.1, 0.15) is 6.54 Å². The standard InChI is InChI=1S/C40H61F2N2O3.BrH/c1-4-6-8-10-12-13-14-15-17-19-37-34-30-38(43-24-27-46-28-25-43)40(45-3)39(47-26-18-16-11-9-7-5-2)33(34)22-23-44(37)31-32-20-21-35(41)36(42)29-32;/h20-21,29-30H,4-19,22-28,31H2,1-3H3;1H/q+1;/p-1. The van der Waals surface area contributed by atoms with Gasteiger partial charge in [-0.25, -0.2) is 13.4 Å².